The van der Waals surface area contributed by atoms with Crippen LogP contribution < -0.4 is 38.5 Å². The quantitative estimate of drug-likeness (QED) is 0.0781. The van der Waals surface area contributed by atoms with Crippen LogP contribution in [0.25, 0.3) is 0 Å². The number of nitrogens with zero attached hydrogens (tertiary/aromatic N) is 1. The topological polar surface area (TPSA) is 303 Å². The van der Waals surface area contributed by atoms with Crippen LogP contribution in [0, 0.1) is 0 Å². The first kappa shape index (κ1) is 34.4. The van der Waals surface area contributed by atoms with Gasteiger partial charge in [-0.2, -0.15) is 0 Å². The van der Waals surface area contributed by atoms with Crippen LogP contribution in [0.3, 0.4) is 0 Å². The molecule has 0 bridgehead atoms. The molecule has 0 unspecified atom stereocenters. The van der Waals surface area contributed by atoms with Crippen molar-refractivity contribution in [1.82, 2.24) is 26.2 Å². The van der Waals surface area contributed by atoms with E-state index in [0.29, 0.717) is 6.42 Å². The number of nitrogens with one attached hydrogen (secondary N) is 4. The van der Waals surface area contributed by atoms with Gasteiger partial charge in [0, 0.05) is 32.2 Å². The van der Waals surface area contributed by atoms with Gasteiger partial charge in [0.2, 0.25) is 47.3 Å². The second kappa shape index (κ2) is 16.0. The van der Waals surface area contributed by atoms with Crippen molar-refractivity contribution in [3.8, 4) is 0 Å². The molecule has 0 aliphatic carbocycles. The van der Waals surface area contributed by atoms with E-state index in [0.717, 1.165) is 4.90 Å². The van der Waals surface area contributed by atoms with Crippen LogP contribution in [-0.4, -0.2) is 100.0 Å². The standard InChI is InChI=1S/C25H38N8O10/c26-17(34)7-3-13(30-21(38)12-6-10-20(37)29-12)22(39)31-14(4-8-18(27)35)24(41)33-11-1-2-16(33)23(40)32-15(25(42)43)5-9-19(28)36/h12-16H,1-11H2,(H2,26,34)(H2,27,35)(H2,28,36)(H,29,37)(H,30,38)(H,31,39)(H,32,40)(H,42,43)/t12-,13-,14-,15-,16-/m0/s1. The Morgan fingerprint density at radius 2 is 1.33 bits per heavy atom. The van der Waals surface area contributed by atoms with Crippen LogP contribution in [0.2, 0.25) is 0 Å². The summed E-state index contributed by atoms with van der Waals surface area (Å²) >= 11 is 0. The fourth-order valence-corrected chi connectivity index (χ4v) is 4.77. The van der Waals surface area contributed by atoms with Crippen LogP contribution in [0.5, 0.6) is 0 Å². The fourth-order valence-electron chi connectivity index (χ4n) is 4.77. The summed E-state index contributed by atoms with van der Waals surface area (Å²) in [6.07, 6.45) is -0.863. The number of primary amides is 3. The van der Waals surface area contributed by atoms with Gasteiger partial charge in [-0.05, 0) is 38.5 Å². The first-order chi connectivity index (χ1) is 20.2. The van der Waals surface area contributed by atoms with Gasteiger partial charge in [0.1, 0.15) is 30.2 Å². The summed E-state index contributed by atoms with van der Waals surface area (Å²) in [4.78, 5) is 111. The Labute approximate surface area is 246 Å². The molecule has 2 saturated heterocycles. The molecule has 2 heterocycles. The molecule has 18 heteroatoms. The van der Waals surface area contributed by atoms with Gasteiger partial charge in [-0.25, -0.2) is 4.79 Å². The summed E-state index contributed by atoms with van der Waals surface area (Å²) in [5, 5.41) is 19.1. The number of aliphatic carboxylic acids is 1. The van der Waals surface area contributed by atoms with Crippen molar-refractivity contribution in [1.29, 1.82) is 0 Å². The number of carbonyl (C=O) groups is 9. The minimum absolute atomic E-state index is 0.0715. The molecule has 0 saturated carbocycles. The zero-order valence-electron chi connectivity index (χ0n) is 23.5. The molecule has 0 aromatic rings. The van der Waals surface area contributed by atoms with Gasteiger partial charge in [0.15, 0.2) is 0 Å². The van der Waals surface area contributed by atoms with E-state index in [2.05, 4.69) is 21.3 Å². The van der Waals surface area contributed by atoms with Gasteiger partial charge in [0.25, 0.3) is 0 Å². The summed E-state index contributed by atoms with van der Waals surface area (Å²) in [5.74, 6) is -7.19. The van der Waals surface area contributed by atoms with Gasteiger partial charge in [-0.1, -0.05) is 0 Å². The molecule has 0 aromatic carbocycles. The van der Waals surface area contributed by atoms with E-state index in [1.54, 1.807) is 0 Å². The number of carbonyl (C=O) groups excluding carboxylic acids is 8. The molecule has 0 radical (unpaired) electrons. The maximum absolute atomic E-state index is 13.6. The Morgan fingerprint density at radius 1 is 0.791 bits per heavy atom. The second-order valence-corrected chi connectivity index (χ2v) is 10.4. The van der Waals surface area contributed by atoms with Gasteiger partial charge in [-0.15, -0.1) is 0 Å². The predicted molar refractivity (Wildman–Crippen MR) is 145 cm³/mol. The zero-order chi connectivity index (χ0) is 32.3. The Hall–Kier alpha value is -4.77. The van der Waals surface area contributed by atoms with E-state index in [9.17, 15) is 48.3 Å². The molecule has 18 nitrogen and oxygen atoms in total. The number of rotatable bonds is 17. The van der Waals surface area contributed by atoms with Crippen molar-refractivity contribution in [2.24, 2.45) is 17.2 Å². The first-order valence-electron chi connectivity index (χ1n) is 13.8. The van der Waals surface area contributed by atoms with Crippen molar-refractivity contribution in [2.45, 2.75) is 94.4 Å². The van der Waals surface area contributed by atoms with E-state index in [-0.39, 0.29) is 70.2 Å². The molecule has 8 amide bonds. The number of hydrogen-bond acceptors (Lipinski definition) is 9. The van der Waals surface area contributed by atoms with Crippen LogP contribution in [-0.2, 0) is 43.2 Å². The molecule has 43 heavy (non-hydrogen) atoms. The smallest absolute Gasteiger partial charge is 0.326 e. The average molecular weight is 611 g/mol. The Kier molecular flexibility index (Phi) is 12.8. The fraction of sp³-hybridized carbons (Fsp3) is 0.640. The van der Waals surface area contributed by atoms with Gasteiger partial charge in [0.05, 0.1) is 0 Å². The van der Waals surface area contributed by atoms with Gasteiger partial charge >= 0.3 is 5.97 Å². The van der Waals surface area contributed by atoms with E-state index in [1.807, 2.05) is 0 Å². The van der Waals surface area contributed by atoms with Crippen molar-refractivity contribution >= 4 is 53.2 Å². The van der Waals surface area contributed by atoms with Crippen molar-refractivity contribution < 1.29 is 48.3 Å². The highest BCUT2D eigenvalue weighted by Gasteiger charge is 2.40. The number of nitrogens with two attached hydrogens (primary N) is 3. The first-order valence-corrected chi connectivity index (χ1v) is 13.8. The molecule has 2 aliphatic heterocycles. The van der Waals surface area contributed by atoms with E-state index in [1.165, 1.54) is 0 Å². The van der Waals surface area contributed by atoms with E-state index in [4.69, 9.17) is 17.2 Å². The third-order valence-electron chi connectivity index (χ3n) is 7.05. The molecule has 2 rings (SSSR count). The second-order valence-electron chi connectivity index (χ2n) is 10.4. The lowest BCUT2D eigenvalue weighted by Gasteiger charge is -2.30. The minimum Gasteiger partial charge on any atom is -0.480 e. The number of hydrogen-bond donors (Lipinski definition) is 8. The summed E-state index contributed by atoms with van der Waals surface area (Å²) in [7, 11) is 0. The molecule has 0 spiro atoms. The summed E-state index contributed by atoms with van der Waals surface area (Å²) in [5.41, 5.74) is 15.5. The lowest BCUT2D eigenvalue weighted by atomic mass is 10.0. The van der Waals surface area contributed by atoms with Gasteiger partial charge in [-0.3, -0.25) is 38.4 Å². The predicted octanol–water partition coefficient (Wildman–Crippen LogP) is -4.41. The van der Waals surface area contributed by atoms with Crippen molar-refractivity contribution in [3.63, 3.8) is 0 Å². The van der Waals surface area contributed by atoms with E-state index >= 15 is 0 Å². The maximum Gasteiger partial charge on any atom is 0.326 e. The SMILES string of the molecule is NC(=O)CC[C@H](NC(=O)[C@@H]1CCCN1C(=O)[C@H](CCC(N)=O)NC(=O)[C@H](CCC(N)=O)NC(=O)[C@@H]1CCC(=O)N1)C(=O)O. The number of carboxylic acids is 1. The van der Waals surface area contributed by atoms with Crippen LogP contribution >= 0.6 is 0 Å². The normalized spacial score (nSPS) is 19.8. The Morgan fingerprint density at radius 3 is 1.84 bits per heavy atom. The minimum atomic E-state index is -1.44. The maximum atomic E-state index is 13.6. The number of carboxylic acid groups (broad SMARTS) is 1. The Bertz CT molecular complexity index is 1150. The molecule has 5 atom stereocenters. The van der Waals surface area contributed by atoms with Gasteiger partial charge < -0.3 is 48.5 Å². The van der Waals surface area contributed by atoms with Crippen LogP contribution in [0.4, 0.5) is 0 Å². The highest BCUT2D eigenvalue weighted by atomic mass is 16.4. The third-order valence-corrected chi connectivity index (χ3v) is 7.05. The summed E-state index contributed by atoms with van der Waals surface area (Å²) in [6, 6.07) is -6.20. The molecule has 0 aromatic heterocycles. The molecular weight excluding hydrogens is 572 g/mol. The largest absolute Gasteiger partial charge is 0.480 e. The zero-order valence-corrected chi connectivity index (χ0v) is 23.5. The molecule has 11 N–H and O–H groups in total. The van der Waals surface area contributed by atoms with Crippen molar-refractivity contribution in [2.75, 3.05) is 6.54 Å². The average Bonchev–Trinajstić information content (AvgIpc) is 3.59. The number of amides is 8. The summed E-state index contributed by atoms with van der Waals surface area (Å²) in [6.45, 7) is 0.0715. The van der Waals surface area contributed by atoms with E-state index < -0.39 is 77.5 Å². The number of likely N-dealkylation sites (tertiary alicyclic amines) is 1. The highest BCUT2D eigenvalue weighted by Crippen LogP contribution is 2.20. The molecule has 2 fully saturated rings. The molecular formula is C25H38N8O10. The van der Waals surface area contributed by atoms with Crippen molar-refractivity contribution in [3.05, 3.63) is 0 Å². The summed E-state index contributed by atoms with van der Waals surface area (Å²) < 4.78 is 0. The molecule has 238 valence electrons. The lowest BCUT2D eigenvalue weighted by molar-refractivity contribution is -0.145. The molecule has 2 aliphatic rings. The Balaban J connectivity index is 2.20. The lowest BCUT2D eigenvalue weighted by Crippen LogP contribution is -2.58. The monoisotopic (exact) mass is 610 g/mol. The van der Waals surface area contributed by atoms with Crippen LogP contribution in [0.15, 0.2) is 0 Å². The highest BCUT2D eigenvalue weighted by molar-refractivity contribution is 5.97. The third kappa shape index (κ3) is 10.9. The van der Waals surface area contributed by atoms with Crippen LogP contribution in [0.1, 0.15) is 64.2 Å².